The molecule has 0 aliphatic carbocycles. The fourth-order valence-corrected chi connectivity index (χ4v) is 2.42. The third-order valence-electron chi connectivity index (χ3n) is 2.28. The van der Waals surface area contributed by atoms with Crippen molar-refractivity contribution in [2.75, 3.05) is 18.2 Å². The van der Waals surface area contributed by atoms with E-state index in [0.717, 1.165) is 5.75 Å². The van der Waals surface area contributed by atoms with E-state index in [1.54, 1.807) is 16.7 Å². The molecule has 0 radical (unpaired) electrons. The Balaban J connectivity index is 0.00000144. The molecular formula is C10H11N2NaO3S. The molecule has 0 atom stereocenters. The average Bonchev–Trinajstić information content (AvgIpc) is 2.81. The van der Waals surface area contributed by atoms with E-state index in [0.29, 0.717) is 12.4 Å². The Hall–Kier alpha value is -0.560. The van der Waals surface area contributed by atoms with Gasteiger partial charge >= 0.3 is 35.5 Å². The average molecular weight is 262 g/mol. The van der Waals surface area contributed by atoms with Crippen LogP contribution in [0.25, 0.3) is 0 Å². The van der Waals surface area contributed by atoms with E-state index < -0.39 is 5.97 Å². The Morgan fingerprint density at radius 2 is 2.24 bits per heavy atom. The van der Waals surface area contributed by atoms with E-state index in [4.69, 9.17) is 5.11 Å². The van der Waals surface area contributed by atoms with Crippen molar-refractivity contribution in [3.8, 4) is 0 Å². The molecule has 1 aliphatic heterocycles. The van der Waals surface area contributed by atoms with E-state index in [9.17, 15) is 9.59 Å². The van der Waals surface area contributed by atoms with Gasteiger partial charge in [0.05, 0.1) is 11.4 Å². The van der Waals surface area contributed by atoms with E-state index in [2.05, 4.69) is 4.98 Å². The van der Waals surface area contributed by atoms with E-state index >= 15 is 0 Å². The van der Waals surface area contributed by atoms with Gasteiger partial charge in [-0.15, -0.1) is 11.8 Å². The standard InChI is InChI=1S/C10H10N2O3S.Na.H/c13-9(12-4-5-16-6-12)8-7(10(14)15)2-1-3-11-8;;/h1-3H,4-6H2,(H,14,15);;. The zero-order valence-corrected chi connectivity index (χ0v) is 9.24. The fraction of sp³-hybridized carbons (Fsp3) is 0.300. The molecule has 1 fully saturated rings. The van der Waals surface area contributed by atoms with Crippen LogP contribution in [0.15, 0.2) is 18.3 Å². The van der Waals surface area contributed by atoms with Crippen molar-refractivity contribution >= 4 is 53.2 Å². The second kappa shape index (κ2) is 6.39. The summed E-state index contributed by atoms with van der Waals surface area (Å²) in [5, 5.41) is 8.94. The molecule has 1 aliphatic rings. The van der Waals surface area contributed by atoms with Gasteiger partial charge in [-0.2, -0.15) is 0 Å². The molecule has 0 aromatic carbocycles. The number of carboxylic acid groups (broad SMARTS) is 1. The number of amides is 1. The molecule has 1 N–H and O–H groups in total. The first-order valence-corrected chi connectivity index (χ1v) is 5.91. The molecule has 0 saturated carbocycles. The van der Waals surface area contributed by atoms with Crippen LogP contribution in [-0.2, 0) is 0 Å². The summed E-state index contributed by atoms with van der Waals surface area (Å²) in [5.41, 5.74) is -0.0121. The van der Waals surface area contributed by atoms with Gasteiger partial charge in [0.15, 0.2) is 0 Å². The van der Waals surface area contributed by atoms with Crippen molar-refractivity contribution in [3.05, 3.63) is 29.6 Å². The summed E-state index contributed by atoms with van der Waals surface area (Å²) < 4.78 is 0. The molecule has 0 bridgehead atoms. The molecule has 2 heterocycles. The van der Waals surface area contributed by atoms with E-state index in [1.165, 1.54) is 18.3 Å². The maximum atomic E-state index is 12.0. The normalized spacial score (nSPS) is 14.2. The topological polar surface area (TPSA) is 70.5 Å². The minimum absolute atomic E-state index is 0. The molecule has 0 spiro atoms. The van der Waals surface area contributed by atoms with Crippen molar-refractivity contribution in [2.45, 2.75) is 0 Å². The Morgan fingerprint density at radius 1 is 1.47 bits per heavy atom. The number of aromatic nitrogens is 1. The molecule has 1 amide bonds. The summed E-state index contributed by atoms with van der Waals surface area (Å²) in [6.45, 7) is 0.652. The molecule has 1 aromatic rings. The number of carboxylic acids is 1. The number of carbonyl (C=O) groups is 2. The van der Waals surface area contributed by atoms with Crippen LogP contribution in [0.4, 0.5) is 0 Å². The second-order valence-electron chi connectivity index (χ2n) is 3.31. The van der Waals surface area contributed by atoms with Crippen LogP contribution in [0.5, 0.6) is 0 Å². The number of hydrogen-bond acceptors (Lipinski definition) is 4. The monoisotopic (exact) mass is 262 g/mol. The van der Waals surface area contributed by atoms with Gasteiger partial charge in [0.25, 0.3) is 5.91 Å². The van der Waals surface area contributed by atoms with Gasteiger partial charge in [0.1, 0.15) is 5.69 Å². The minimum atomic E-state index is -1.12. The van der Waals surface area contributed by atoms with Gasteiger partial charge in [-0.25, -0.2) is 4.79 Å². The van der Waals surface area contributed by atoms with Gasteiger partial charge in [-0.05, 0) is 12.1 Å². The van der Waals surface area contributed by atoms with Crippen molar-refractivity contribution < 1.29 is 14.7 Å². The van der Waals surface area contributed by atoms with Crippen LogP contribution in [0.3, 0.4) is 0 Å². The Bertz CT molecular complexity index is 435. The number of nitrogens with zero attached hydrogens (tertiary/aromatic N) is 2. The van der Waals surface area contributed by atoms with Crippen LogP contribution in [-0.4, -0.2) is 74.6 Å². The first-order valence-electron chi connectivity index (χ1n) is 4.75. The molecule has 1 aromatic heterocycles. The molecule has 7 heteroatoms. The zero-order valence-electron chi connectivity index (χ0n) is 8.42. The molecule has 1 saturated heterocycles. The quantitative estimate of drug-likeness (QED) is 0.775. The fourth-order valence-electron chi connectivity index (χ4n) is 1.47. The van der Waals surface area contributed by atoms with Crippen LogP contribution >= 0.6 is 11.8 Å². The first-order chi connectivity index (χ1) is 7.70. The number of thioether (sulfide) groups is 1. The summed E-state index contributed by atoms with van der Waals surface area (Å²) in [4.78, 5) is 28.4. The number of hydrogen-bond donors (Lipinski definition) is 1. The molecular weight excluding hydrogens is 251 g/mol. The maximum absolute atomic E-state index is 12.0. The first kappa shape index (κ1) is 14.5. The molecule has 2 rings (SSSR count). The SMILES string of the molecule is O=C(O)c1cccnc1C(=O)N1CCSC1.[NaH]. The summed E-state index contributed by atoms with van der Waals surface area (Å²) >= 11 is 1.65. The zero-order chi connectivity index (χ0) is 11.5. The Kier molecular flexibility index (Phi) is 5.45. The van der Waals surface area contributed by atoms with Gasteiger partial charge in [-0.3, -0.25) is 9.78 Å². The third kappa shape index (κ3) is 3.22. The van der Waals surface area contributed by atoms with Crippen molar-refractivity contribution in [2.24, 2.45) is 0 Å². The van der Waals surface area contributed by atoms with Gasteiger partial charge in [0, 0.05) is 18.5 Å². The van der Waals surface area contributed by atoms with Crippen molar-refractivity contribution in [1.29, 1.82) is 0 Å². The molecule has 0 unspecified atom stereocenters. The van der Waals surface area contributed by atoms with E-state index in [1.807, 2.05) is 0 Å². The molecule has 86 valence electrons. The van der Waals surface area contributed by atoms with E-state index in [-0.39, 0.29) is 46.7 Å². The van der Waals surface area contributed by atoms with Crippen LogP contribution in [0.2, 0.25) is 0 Å². The molecule has 5 nitrogen and oxygen atoms in total. The predicted octanol–water partition coefficient (Wildman–Crippen LogP) is 0.278. The number of carbonyl (C=O) groups excluding carboxylic acids is 1. The predicted molar refractivity (Wildman–Crippen MR) is 66.7 cm³/mol. The van der Waals surface area contributed by atoms with Gasteiger partial charge < -0.3 is 10.0 Å². The molecule has 17 heavy (non-hydrogen) atoms. The van der Waals surface area contributed by atoms with Crippen LogP contribution < -0.4 is 0 Å². The number of rotatable bonds is 2. The van der Waals surface area contributed by atoms with Crippen molar-refractivity contribution in [1.82, 2.24) is 9.88 Å². The van der Waals surface area contributed by atoms with Gasteiger partial charge in [-0.1, -0.05) is 0 Å². The van der Waals surface area contributed by atoms with Crippen LogP contribution in [0.1, 0.15) is 20.8 Å². The van der Waals surface area contributed by atoms with Gasteiger partial charge in [0.2, 0.25) is 0 Å². The second-order valence-corrected chi connectivity index (χ2v) is 4.39. The number of pyridine rings is 1. The summed E-state index contributed by atoms with van der Waals surface area (Å²) in [6.07, 6.45) is 1.43. The summed E-state index contributed by atoms with van der Waals surface area (Å²) in [5.74, 6) is 0.0708. The van der Waals surface area contributed by atoms with Crippen molar-refractivity contribution in [3.63, 3.8) is 0 Å². The number of aromatic carboxylic acids is 1. The summed E-state index contributed by atoms with van der Waals surface area (Å²) in [6, 6.07) is 2.91. The third-order valence-corrected chi connectivity index (χ3v) is 3.25. The summed E-state index contributed by atoms with van der Waals surface area (Å²) in [7, 11) is 0. The Morgan fingerprint density at radius 3 is 2.82 bits per heavy atom. The Labute approximate surface area is 125 Å². The van der Waals surface area contributed by atoms with Crippen LogP contribution in [0, 0.1) is 0 Å².